The fraction of sp³-hybridized carbons (Fsp3) is 0.0952. The van der Waals surface area contributed by atoms with Crippen LogP contribution in [0, 0.1) is 0 Å². The van der Waals surface area contributed by atoms with Gasteiger partial charge in [0.25, 0.3) is 5.91 Å². The van der Waals surface area contributed by atoms with Crippen molar-refractivity contribution in [2.75, 3.05) is 6.54 Å². The van der Waals surface area contributed by atoms with Crippen molar-refractivity contribution in [1.82, 2.24) is 15.6 Å². The smallest absolute Gasteiger partial charge is 0.253 e. The number of nitrogens with zero attached hydrogens (tertiary/aromatic N) is 1. The molecule has 1 atom stereocenters. The highest BCUT2D eigenvalue weighted by atomic mass is 35.5. The van der Waals surface area contributed by atoms with Crippen LogP contribution in [0.15, 0.2) is 79.1 Å². The van der Waals surface area contributed by atoms with Crippen LogP contribution in [0.25, 0.3) is 0 Å². The molecular weight excluding hydrogens is 362 g/mol. The minimum Gasteiger partial charge on any atom is -0.344 e. The third kappa shape index (κ3) is 4.92. The highest BCUT2D eigenvalue weighted by Gasteiger charge is 2.17. The number of halogens is 1. The molecule has 0 aliphatic rings. The third-order valence-electron chi connectivity index (χ3n) is 4.01. The normalized spacial score (nSPS) is 11.4. The minimum absolute atomic E-state index is 0.154. The summed E-state index contributed by atoms with van der Waals surface area (Å²) < 4.78 is 0. The molecule has 0 aliphatic heterocycles. The molecule has 0 spiro atoms. The van der Waals surface area contributed by atoms with Gasteiger partial charge >= 0.3 is 0 Å². The quantitative estimate of drug-likeness (QED) is 0.689. The van der Waals surface area contributed by atoms with Gasteiger partial charge in [0.15, 0.2) is 0 Å². The van der Waals surface area contributed by atoms with Crippen molar-refractivity contribution in [3.05, 3.63) is 101 Å². The second kappa shape index (κ2) is 8.96. The topological polar surface area (TPSA) is 71.1 Å². The van der Waals surface area contributed by atoms with Crippen molar-refractivity contribution in [2.24, 2.45) is 0 Å². The Morgan fingerprint density at radius 3 is 2.22 bits per heavy atom. The van der Waals surface area contributed by atoms with Gasteiger partial charge in [0.2, 0.25) is 5.91 Å². The lowest BCUT2D eigenvalue weighted by Crippen LogP contribution is -2.39. The fourth-order valence-corrected chi connectivity index (χ4v) is 2.90. The first-order valence-corrected chi connectivity index (χ1v) is 8.80. The number of hydrogen-bond acceptors (Lipinski definition) is 3. The molecular formula is C21H18ClN3O2. The van der Waals surface area contributed by atoms with E-state index in [1.54, 1.807) is 36.7 Å². The maximum Gasteiger partial charge on any atom is 0.253 e. The molecule has 1 unspecified atom stereocenters. The number of pyridine rings is 1. The number of aromatic nitrogens is 1. The molecule has 5 nitrogen and oxygen atoms in total. The number of carbonyl (C=O) groups is 2. The van der Waals surface area contributed by atoms with Gasteiger partial charge in [-0.1, -0.05) is 54.1 Å². The van der Waals surface area contributed by atoms with Crippen LogP contribution in [-0.2, 0) is 4.79 Å². The molecule has 0 radical (unpaired) electrons. The Bertz CT molecular complexity index is 877. The fourth-order valence-electron chi connectivity index (χ4n) is 2.67. The Morgan fingerprint density at radius 1 is 0.889 bits per heavy atom. The van der Waals surface area contributed by atoms with Gasteiger partial charge in [0, 0.05) is 12.4 Å². The molecule has 0 saturated carbocycles. The molecule has 0 saturated heterocycles. The van der Waals surface area contributed by atoms with Crippen LogP contribution in [0.1, 0.15) is 27.5 Å². The monoisotopic (exact) mass is 379 g/mol. The Labute approximate surface area is 162 Å². The number of amides is 2. The van der Waals surface area contributed by atoms with Crippen LogP contribution in [-0.4, -0.2) is 23.3 Å². The van der Waals surface area contributed by atoms with Gasteiger partial charge < -0.3 is 10.6 Å². The summed E-state index contributed by atoms with van der Waals surface area (Å²) in [4.78, 5) is 28.7. The molecule has 0 aliphatic carbocycles. The lowest BCUT2D eigenvalue weighted by molar-refractivity contribution is -0.120. The molecule has 2 amide bonds. The van der Waals surface area contributed by atoms with E-state index in [1.807, 2.05) is 42.5 Å². The molecule has 0 fully saturated rings. The van der Waals surface area contributed by atoms with E-state index in [-0.39, 0.29) is 18.5 Å². The summed E-state index contributed by atoms with van der Waals surface area (Å²) in [6.07, 6.45) is 3.35. The Morgan fingerprint density at radius 2 is 1.52 bits per heavy atom. The molecule has 2 N–H and O–H groups in total. The Balaban J connectivity index is 1.68. The SMILES string of the molecule is O=C(CNC(=O)c1ccccc1Cl)NC(c1ccccc1)c1ccncc1. The lowest BCUT2D eigenvalue weighted by atomic mass is 10.00. The van der Waals surface area contributed by atoms with E-state index in [0.29, 0.717) is 10.6 Å². The number of carbonyl (C=O) groups excluding carboxylic acids is 2. The second-order valence-electron chi connectivity index (χ2n) is 5.85. The third-order valence-corrected chi connectivity index (χ3v) is 4.34. The summed E-state index contributed by atoms with van der Waals surface area (Å²) in [5.41, 5.74) is 2.18. The van der Waals surface area contributed by atoms with Crippen molar-refractivity contribution in [3.8, 4) is 0 Å². The number of rotatable bonds is 6. The van der Waals surface area contributed by atoms with Crippen LogP contribution in [0.4, 0.5) is 0 Å². The van der Waals surface area contributed by atoms with Crippen LogP contribution in [0.2, 0.25) is 5.02 Å². The summed E-state index contributed by atoms with van der Waals surface area (Å²) >= 11 is 6.01. The standard InChI is InChI=1S/C21H18ClN3O2/c22-18-9-5-4-8-17(18)21(27)24-14-19(26)25-20(15-6-2-1-3-7-15)16-10-12-23-13-11-16/h1-13,20H,14H2,(H,24,27)(H,25,26). The Kier molecular flexibility index (Phi) is 6.18. The van der Waals surface area contributed by atoms with E-state index in [0.717, 1.165) is 11.1 Å². The minimum atomic E-state index is -0.393. The zero-order valence-corrected chi connectivity index (χ0v) is 15.2. The maximum absolute atomic E-state index is 12.4. The summed E-state index contributed by atoms with van der Waals surface area (Å²) in [6.45, 7) is -0.154. The molecule has 1 aromatic heterocycles. The Hall–Kier alpha value is -3.18. The largest absolute Gasteiger partial charge is 0.344 e. The van der Waals surface area contributed by atoms with Gasteiger partial charge in [-0.2, -0.15) is 0 Å². The number of hydrogen-bond donors (Lipinski definition) is 2. The van der Waals surface area contributed by atoms with E-state index in [9.17, 15) is 9.59 Å². The number of benzene rings is 2. The van der Waals surface area contributed by atoms with E-state index >= 15 is 0 Å². The highest BCUT2D eigenvalue weighted by molar-refractivity contribution is 6.33. The summed E-state index contributed by atoms with van der Waals surface area (Å²) in [5, 5.41) is 5.90. The van der Waals surface area contributed by atoms with E-state index in [2.05, 4.69) is 15.6 Å². The highest BCUT2D eigenvalue weighted by Crippen LogP contribution is 2.21. The molecule has 1 heterocycles. The van der Waals surface area contributed by atoms with Crippen LogP contribution in [0.5, 0.6) is 0 Å². The predicted molar refractivity (Wildman–Crippen MR) is 104 cm³/mol. The summed E-state index contributed by atoms with van der Waals surface area (Å²) in [7, 11) is 0. The average molecular weight is 380 g/mol. The average Bonchev–Trinajstić information content (AvgIpc) is 2.72. The molecule has 3 rings (SSSR count). The molecule has 6 heteroatoms. The first-order chi connectivity index (χ1) is 13.1. The molecule has 3 aromatic rings. The number of nitrogens with one attached hydrogen (secondary N) is 2. The zero-order valence-electron chi connectivity index (χ0n) is 14.4. The van der Waals surface area contributed by atoms with Crippen molar-refractivity contribution in [3.63, 3.8) is 0 Å². The second-order valence-corrected chi connectivity index (χ2v) is 6.26. The lowest BCUT2D eigenvalue weighted by Gasteiger charge is -2.20. The first-order valence-electron chi connectivity index (χ1n) is 8.42. The zero-order chi connectivity index (χ0) is 19.1. The van der Waals surface area contributed by atoms with Gasteiger partial charge in [-0.05, 0) is 35.4 Å². The summed E-state index contributed by atoms with van der Waals surface area (Å²) in [5.74, 6) is -0.697. The summed E-state index contributed by atoms with van der Waals surface area (Å²) in [6, 6.07) is 19.7. The van der Waals surface area contributed by atoms with E-state index in [1.165, 1.54) is 0 Å². The van der Waals surface area contributed by atoms with Gasteiger partial charge in [-0.25, -0.2) is 0 Å². The molecule has 27 heavy (non-hydrogen) atoms. The first kappa shape index (κ1) is 18.6. The van der Waals surface area contributed by atoms with Crippen molar-refractivity contribution < 1.29 is 9.59 Å². The van der Waals surface area contributed by atoms with Crippen LogP contribution < -0.4 is 10.6 Å². The van der Waals surface area contributed by atoms with Gasteiger partial charge in [0.1, 0.15) is 0 Å². The van der Waals surface area contributed by atoms with Gasteiger partial charge in [-0.15, -0.1) is 0 Å². The van der Waals surface area contributed by atoms with E-state index < -0.39 is 5.91 Å². The van der Waals surface area contributed by atoms with Gasteiger partial charge in [-0.3, -0.25) is 14.6 Å². The van der Waals surface area contributed by atoms with E-state index in [4.69, 9.17) is 11.6 Å². The van der Waals surface area contributed by atoms with Crippen LogP contribution >= 0.6 is 11.6 Å². The molecule has 0 bridgehead atoms. The van der Waals surface area contributed by atoms with Gasteiger partial charge in [0.05, 0.1) is 23.2 Å². The van der Waals surface area contributed by atoms with Crippen molar-refractivity contribution >= 4 is 23.4 Å². The maximum atomic E-state index is 12.4. The van der Waals surface area contributed by atoms with Crippen molar-refractivity contribution in [2.45, 2.75) is 6.04 Å². The van der Waals surface area contributed by atoms with Crippen LogP contribution in [0.3, 0.4) is 0 Å². The molecule has 2 aromatic carbocycles. The molecule has 136 valence electrons. The van der Waals surface area contributed by atoms with Crippen molar-refractivity contribution in [1.29, 1.82) is 0 Å². The predicted octanol–water partition coefficient (Wildman–Crippen LogP) is 3.37.